The molecule has 2 amide bonds. The second-order valence-electron chi connectivity index (χ2n) is 11.4. The van der Waals surface area contributed by atoms with Crippen LogP contribution in [0.4, 0.5) is 10.5 Å². The molecule has 9 N–H and O–H groups in total. The Bertz CT molecular complexity index is 1380. The zero-order chi connectivity index (χ0) is 31.8. The summed E-state index contributed by atoms with van der Waals surface area (Å²) in [5.41, 5.74) is 8.05. The van der Waals surface area contributed by atoms with Gasteiger partial charge in [-0.15, -0.1) is 12.4 Å². The van der Waals surface area contributed by atoms with E-state index < -0.39 is 64.1 Å². The van der Waals surface area contributed by atoms with Crippen LogP contribution in [0, 0.1) is 11.8 Å². The second kappa shape index (κ2) is 13.2. The van der Waals surface area contributed by atoms with Crippen molar-refractivity contribution in [3.8, 4) is 5.75 Å². The number of Topliss-reactive ketones (excluding diaryl/α,β-unsaturated/α-hetero) is 2. The molecule has 3 aliphatic rings. The van der Waals surface area contributed by atoms with Crippen molar-refractivity contribution in [2.45, 2.75) is 57.1 Å². The van der Waals surface area contributed by atoms with Gasteiger partial charge in [0.05, 0.1) is 11.6 Å². The lowest BCUT2D eigenvalue weighted by atomic mass is 9.57. The van der Waals surface area contributed by atoms with Crippen LogP contribution in [0.25, 0.3) is 5.76 Å². The lowest BCUT2D eigenvalue weighted by Gasteiger charge is -2.50. The summed E-state index contributed by atoms with van der Waals surface area (Å²) in [6.45, 7) is 2.08. The number of nitrogens with zero attached hydrogens (tertiary/aromatic N) is 2. The van der Waals surface area contributed by atoms with Gasteiger partial charge in [0.2, 0.25) is 5.78 Å². The topological polar surface area (TPSA) is 228 Å². The third-order valence-corrected chi connectivity index (χ3v) is 8.31. The number of phenols is 1. The Labute approximate surface area is 255 Å². The van der Waals surface area contributed by atoms with Gasteiger partial charge in [0, 0.05) is 31.3 Å². The van der Waals surface area contributed by atoms with Gasteiger partial charge in [0.15, 0.2) is 11.4 Å². The predicted octanol–water partition coefficient (Wildman–Crippen LogP) is 1.81. The van der Waals surface area contributed by atoms with Crippen LogP contribution in [-0.2, 0) is 27.2 Å². The van der Waals surface area contributed by atoms with E-state index in [9.17, 15) is 34.8 Å². The highest BCUT2D eigenvalue weighted by Gasteiger charge is 2.64. The van der Waals surface area contributed by atoms with Gasteiger partial charge in [-0.1, -0.05) is 19.8 Å². The number of amides is 2. The number of primary amides is 2. The predicted molar refractivity (Wildman–Crippen MR) is 161 cm³/mol. The summed E-state index contributed by atoms with van der Waals surface area (Å²) in [6, 6.07) is 0.805. The highest BCUT2D eigenvalue weighted by molar-refractivity contribution is 6.24. The lowest BCUT2D eigenvalue weighted by Crippen LogP contribution is -2.65. The third kappa shape index (κ3) is 6.01. The Kier molecular flexibility index (Phi) is 10.9. The molecule has 0 radical (unpaired) electrons. The van der Waals surface area contributed by atoms with E-state index >= 15 is 0 Å². The summed E-state index contributed by atoms with van der Waals surface area (Å²) in [5.74, 6) is -6.36. The molecule has 1 aromatic carbocycles. The number of aromatic hydroxyl groups is 1. The van der Waals surface area contributed by atoms with Gasteiger partial charge in [0.1, 0.15) is 22.8 Å². The number of unbranched alkanes of at least 4 members (excludes halogenated alkanes) is 2. The molecule has 43 heavy (non-hydrogen) atoms. The fourth-order valence-corrected chi connectivity index (χ4v) is 6.50. The quantitative estimate of drug-likeness (QED) is 0.171. The molecule has 4 atom stereocenters. The molecule has 238 valence electrons. The summed E-state index contributed by atoms with van der Waals surface area (Å²) in [4.78, 5) is 51.4. The first-order chi connectivity index (χ1) is 19.5. The summed E-state index contributed by atoms with van der Waals surface area (Å²) < 4.78 is 0. The fourth-order valence-electron chi connectivity index (χ4n) is 6.50. The zero-order valence-electron chi connectivity index (χ0n) is 24.9. The van der Waals surface area contributed by atoms with E-state index in [4.69, 9.17) is 15.6 Å². The first kappa shape index (κ1) is 35.4. The number of nitrogens with two attached hydrogens (primary N) is 2. The normalized spacial score (nSPS) is 24.3. The van der Waals surface area contributed by atoms with Crippen LogP contribution < -0.4 is 16.4 Å². The fraction of sp³-hybridized carbons (Fsp3) is 0.517. The number of benzene rings is 1. The number of aliphatic hydroxyl groups excluding tert-OH is 2. The number of ketones is 2. The Morgan fingerprint density at radius 1 is 1.07 bits per heavy atom. The number of likely N-dealkylation sites (N-methyl/N-ethyl adjacent to an activating group) is 1. The number of hydrogen-bond acceptors (Lipinski definition) is 10. The number of hydrogen-bond donors (Lipinski definition) is 7. The van der Waals surface area contributed by atoms with Crippen LogP contribution in [0.15, 0.2) is 23.0 Å². The van der Waals surface area contributed by atoms with Crippen molar-refractivity contribution in [3.63, 3.8) is 0 Å². The number of aryl methyl sites for hydroxylation is 1. The van der Waals surface area contributed by atoms with Crippen LogP contribution >= 0.6 is 12.4 Å². The Hall–Kier alpha value is -3.81. The van der Waals surface area contributed by atoms with Crippen LogP contribution in [0.3, 0.4) is 0 Å². The van der Waals surface area contributed by atoms with Crippen molar-refractivity contribution >= 4 is 47.4 Å². The van der Waals surface area contributed by atoms with Crippen molar-refractivity contribution in [1.82, 2.24) is 4.90 Å². The molecule has 3 aliphatic carbocycles. The molecule has 14 heteroatoms. The van der Waals surface area contributed by atoms with Gasteiger partial charge in [-0.25, -0.2) is 4.79 Å². The van der Waals surface area contributed by atoms with E-state index in [1.165, 1.54) is 4.90 Å². The molecule has 1 fully saturated rings. The van der Waals surface area contributed by atoms with Gasteiger partial charge in [0.25, 0.3) is 5.91 Å². The highest BCUT2D eigenvalue weighted by Crippen LogP contribution is 2.54. The minimum Gasteiger partial charge on any atom is -0.508 e. The molecule has 4 rings (SSSR count). The number of carboxylic acid groups (broad SMARTS) is 1. The van der Waals surface area contributed by atoms with Gasteiger partial charge in [-0.3, -0.25) is 19.3 Å². The summed E-state index contributed by atoms with van der Waals surface area (Å²) in [7, 11) is 6.88. The smallest absolute Gasteiger partial charge is 0.402 e. The van der Waals surface area contributed by atoms with E-state index in [-0.39, 0.29) is 42.1 Å². The standard InChI is InChI=1S/C28H37N3O7.CH3NO2.ClH/c1-6-7-8-9-13-12-17(30(2)3)15-10-14-11-16-21(31(4)5)24(34)20(27(29)37)26(36)28(16,38)25(35)18(14)23(33)19(15)22(13)32;2-1(3)4;/h12,14,16,21,32-33,36,38H,6-11H2,1-5H3,(H2,29,37);2H2,(H,3,4);1H/t14-,16-,21-,28-;;/m0../s1. The van der Waals surface area contributed by atoms with Gasteiger partial charge in [-0.2, -0.15) is 0 Å². The van der Waals surface area contributed by atoms with Crippen molar-refractivity contribution in [1.29, 1.82) is 0 Å². The molecule has 1 aromatic rings. The summed E-state index contributed by atoms with van der Waals surface area (Å²) in [6.07, 6.45) is 2.39. The van der Waals surface area contributed by atoms with Gasteiger partial charge >= 0.3 is 6.09 Å². The third-order valence-electron chi connectivity index (χ3n) is 8.31. The van der Waals surface area contributed by atoms with Crippen molar-refractivity contribution < 1.29 is 44.7 Å². The first-order valence-electron chi connectivity index (χ1n) is 13.7. The molecular formula is C29H41ClN4O9. The molecule has 0 bridgehead atoms. The Morgan fingerprint density at radius 3 is 2.14 bits per heavy atom. The average Bonchev–Trinajstić information content (AvgIpc) is 2.86. The number of phenolic OH excluding ortho intramolecular Hbond substituents is 1. The molecule has 0 heterocycles. The van der Waals surface area contributed by atoms with Crippen LogP contribution in [-0.4, -0.2) is 93.8 Å². The monoisotopic (exact) mass is 624 g/mol. The number of anilines is 1. The van der Waals surface area contributed by atoms with Crippen molar-refractivity contribution in [2.24, 2.45) is 23.3 Å². The lowest BCUT2D eigenvalue weighted by molar-refractivity contribution is -0.153. The van der Waals surface area contributed by atoms with Crippen molar-refractivity contribution in [3.05, 3.63) is 39.7 Å². The number of fused-ring (bicyclic) bond motifs is 3. The van der Waals surface area contributed by atoms with E-state index in [2.05, 4.69) is 12.7 Å². The largest absolute Gasteiger partial charge is 0.508 e. The molecule has 0 aromatic heterocycles. The SMILES string of the molecule is CCCCCc1cc(N(C)C)c2c(c1O)C(O)=C1C(=O)[C@]3(O)C(O)=C(C(N)=O)C(=O)[C@@H](N(C)C)[C@@H]3C[C@@H]1C2.Cl.NC(=O)O. The molecular weight excluding hydrogens is 584 g/mol. The minimum atomic E-state index is -2.64. The molecule has 1 saturated carbocycles. The molecule has 0 saturated heterocycles. The van der Waals surface area contributed by atoms with Crippen LogP contribution in [0.2, 0.25) is 0 Å². The van der Waals surface area contributed by atoms with Gasteiger partial charge < -0.3 is 41.9 Å². The highest BCUT2D eigenvalue weighted by atomic mass is 35.5. The maximum absolute atomic E-state index is 14.0. The summed E-state index contributed by atoms with van der Waals surface area (Å²) in [5, 5.41) is 52.6. The molecule has 0 unspecified atom stereocenters. The van der Waals surface area contributed by atoms with E-state index in [0.29, 0.717) is 17.5 Å². The number of aliphatic hydroxyl groups is 3. The van der Waals surface area contributed by atoms with Gasteiger partial charge in [-0.05, 0) is 62.9 Å². The average molecular weight is 625 g/mol. The molecule has 13 nitrogen and oxygen atoms in total. The van der Waals surface area contributed by atoms with E-state index in [1.54, 1.807) is 14.1 Å². The maximum atomic E-state index is 14.0. The Balaban J connectivity index is 0.00000121. The number of halogens is 1. The van der Waals surface area contributed by atoms with Crippen LogP contribution in [0.1, 0.15) is 49.3 Å². The molecule has 0 aliphatic heterocycles. The van der Waals surface area contributed by atoms with Crippen molar-refractivity contribution in [2.75, 3.05) is 33.1 Å². The zero-order valence-corrected chi connectivity index (χ0v) is 25.7. The first-order valence-corrected chi connectivity index (χ1v) is 13.7. The number of carbonyl (C=O) groups excluding carboxylic acids is 3. The number of rotatable bonds is 7. The van der Waals surface area contributed by atoms with E-state index in [0.717, 1.165) is 24.9 Å². The summed E-state index contributed by atoms with van der Waals surface area (Å²) >= 11 is 0. The number of carbonyl (C=O) groups is 4. The maximum Gasteiger partial charge on any atom is 0.402 e. The minimum absolute atomic E-state index is 0. The van der Waals surface area contributed by atoms with Crippen LogP contribution in [0.5, 0.6) is 5.75 Å². The second-order valence-corrected chi connectivity index (χ2v) is 11.4. The van der Waals surface area contributed by atoms with E-state index in [1.807, 2.05) is 25.1 Å². The Morgan fingerprint density at radius 2 is 1.65 bits per heavy atom. The molecule has 0 spiro atoms.